The van der Waals surface area contributed by atoms with E-state index >= 15 is 0 Å². The molecule has 106 valence electrons. The van der Waals surface area contributed by atoms with Crippen LogP contribution in [0.4, 0.5) is 0 Å². The van der Waals surface area contributed by atoms with E-state index in [-0.39, 0.29) is 5.41 Å². The Hall–Kier alpha value is -1.56. The summed E-state index contributed by atoms with van der Waals surface area (Å²) >= 11 is 0. The van der Waals surface area contributed by atoms with Crippen LogP contribution in [0, 0.1) is 0 Å². The first-order valence-corrected chi connectivity index (χ1v) is 7.78. The first-order chi connectivity index (χ1) is 9.61. The number of hydrogen-bond acceptors (Lipinski definition) is 0. The minimum atomic E-state index is 0.0664. The van der Waals surface area contributed by atoms with Crippen molar-refractivity contribution in [3.05, 3.63) is 70.8 Å². The maximum atomic E-state index is 2.34. The van der Waals surface area contributed by atoms with Gasteiger partial charge in [0, 0.05) is 5.41 Å². The van der Waals surface area contributed by atoms with Crippen LogP contribution in [0.2, 0.25) is 0 Å². The summed E-state index contributed by atoms with van der Waals surface area (Å²) in [5.41, 5.74) is 6.02. The standard InChI is InChI=1S/C20H26/c1-5-11-18-16(6-2)12-10-15-19(18)20(3,4)17-13-8-7-9-14-17/h7-10,12-15H,5-6,11H2,1-4H3. The highest BCUT2D eigenvalue weighted by molar-refractivity contribution is 5.45. The zero-order valence-corrected chi connectivity index (χ0v) is 13.2. The number of rotatable bonds is 5. The molecule has 0 saturated heterocycles. The lowest BCUT2D eigenvalue weighted by Gasteiger charge is -2.30. The molecule has 2 aromatic rings. The van der Waals surface area contributed by atoms with Gasteiger partial charge in [-0.15, -0.1) is 0 Å². The normalized spacial score (nSPS) is 11.6. The molecule has 0 bridgehead atoms. The minimum Gasteiger partial charge on any atom is -0.0651 e. The summed E-state index contributed by atoms with van der Waals surface area (Å²) in [6.45, 7) is 9.21. The van der Waals surface area contributed by atoms with Gasteiger partial charge in [0.1, 0.15) is 0 Å². The summed E-state index contributed by atoms with van der Waals surface area (Å²) in [5.74, 6) is 0. The summed E-state index contributed by atoms with van der Waals surface area (Å²) < 4.78 is 0. The van der Waals surface area contributed by atoms with Crippen LogP contribution in [0.3, 0.4) is 0 Å². The van der Waals surface area contributed by atoms with Gasteiger partial charge in [0.25, 0.3) is 0 Å². The van der Waals surface area contributed by atoms with Crippen molar-refractivity contribution in [2.24, 2.45) is 0 Å². The van der Waals surface area contributed by atoms with Crippen LogP contribution in [0.15, 0.2) is 48.5 Å². The largest absolute Gasteiger partial charge is 0.0651 e. The number of benzene rings is 2. The van der Waals surface area contributed by atoms with Crippen molar-refractivity contribution in [2.75, 3.05) is 0 Å². The highest BCUT2D eigenvalue weighted by atomic mass is 14.3. The Morgan fingerprint density at radius 1 is 0.850 bits per heavy atom. The van der Waals surface area contributed by atoms with Gasteiger partial charge in [0.15, 0.2) is 0 Å². The van der Waals surface area contributed by atoms with Gasteiger partial charge in [-0.25, -0.2) is 0 Å². The fraction of sp³-hybridized carbons (Fsp3) is 0.400. The molecule has 0 aliphatic rings. The quantitative estimate of drug-likeness (QED) is 0.667. The molecule has 0 spiro atoms. The second-order valence-electron chi connectivity index (χ2n) is 6.04. The smallest absolute Gasteiger partial charge is 0.0149 e. The zero-order chi connectivity index (χ0) is 14.6. The molecule has 0 amide bonds. The topological polar surface area (TPSA) is 0 Å². The predicted octanol–water partition coefficient (Wildman–Crippen LogP) is 5.53. The van der Waals surface area contributed by atoms with Crippen molar-refractivity contribution in [1.29, 1.82) is 0 Å². The fourth-order valence-electron chi connectivity index (χ4n) is 3.11. The molecular weight excluding hydrogens is 240 g/mol. The molecule has 0 heteroatoms. The van der Waals surface area contributed by atoms with Gasteiger partial charge in [-0.3, -0.25) is 0 Å². The van der Waals surface area contributed by atoms with E-state index < -0.39 is 0 Å². The van der Waals surface area contributed by atoms with Gasteiger partial charge in [-0.1, -0.05) is 82.6 Å². The third-order valence-corrected chi connectivity index (χ3v) is 4.32. The second-order valence-corrected chi connectivity index (χ2v) is 6.04. The number of hydrogen-bond donors (Lipinski definition) is 0. The monoisotopic (exact) mass is 266 g/mol. The molecule has 0 heterocycles. The van der Waals surface area contributed by atoms with E-state index in [0.29, 0.717) is 0 Å². The van der Waals surface area contributed by atoms with Crippen molar-refractivity contribution in [3.8, 4) is 0 Å². The van der Waals surface area contributed by atoms with Crippen molar-refractivity contribution in [1.82, 2.24) is 0 Å². The van der Waals surface area contributed by atoms with Crippen molar-refractivity contribution < 1.29 is 0 Å². The Morgan fingerprint density at radius 2 is 1.55 bits per heavy atom. The van der Waals surface area contributed by atoms with Crippen molar-refractivity contribution >= 4 is 0 Å². The van der Waals surface area contributed by atoms with E-state index in [2.05, 4.69) is 76.2 Å². The SMILES string of the molecule is CCCc1c(CC)cccc1C(C)(C)c1ccccc1. The predicted molar refractivity (Wildman–Crippen MR) is 88.4 cm³/mol. The Labute approximate surface area is 123 Å². The van der Waals surface area contributed by atoms with Crippen LogP contribution in [0.5, 0.6) is 0 Å². The van der Waals surface area contributed by atoms with E-state index in [1.165, 1.54) is 29.5 Å². The highest BCUT2D eigenvalue weighted by Gasteiger charge is 2.26. The minimum absolute atomic E-state index is 0.0664. The lowest BCUT2D eigenvalue weighted by atomic mass is 9.74. The summed E-state index contributed by atoms with van der Waals surface area (Å²) in [6.07, 6.45) is 3.50. The molecule has 0 aliphatic heterocycles. The molecule has 0 fully saturated rings. The van der Waals surface area contributed by atoms with E-state index in [0.717, 1.165) is 6.42 Å². The van der Waals surface area contributed by atoms with E-state index in [4.69, 9.17) is 0 Å². The third kappa shape index (κ3) is 2.80. The molecule has 0 N–H and O–H groups in total. The summed E-state index contributed by atoms with van der Waals surface area (Å²) in [7, 11) is 0. The molecule has 0 radical (unpaired) electrons. The maximum Gasteiger partial charge on any atom is 0.0149 e. The van der Waals surface area contributed by atoms with Gasteiger partial charge in [-0.2, -0.15) is 0 Å². The Morgan fingerprint density at radius 3 is 2.15 bits per heavy atom. The second kappa shape index (κ2) is 6.26. The molecule has 20 heavy (non-hydrogen) atoms. The zero-order valence-electron chi connectivity index (χ0n) is 13.2. The van der Waals surface area contributed by atoms with Crippen LogP contribution >= 0.6 is 0 Å². The average molecular weight is 266 g/mol. The third-order valence-electron chi connectivity index (χ3n) is 4.32. The lowest BCUT2D eigenvalue weighted by molar-refractivity contribution is 0.627. The average Bonchev–Trinajstić information content (AvgIpc) is 2.48. The van der Waals surface area contributed by atoms with E-state index in [1.807, 2.05) is 0 Å². The van der Waals surface area contributed by atoms with Gasteiger partial charge >= 0.3 is 0 Å². The molecular formula is C20H26. The Balaban J connectivity index is 2.56. The lowest BCUT2D eigenvalue weighted by Crippen LogP contribution is -2.21. The van der Waals surface area contributed by atoms with Gasteiger partial charge < -0.3 is 0 Å². The van der Waals surface area contributed by atoms with Crippen LogP contribution in [0.25, 0.3) is 0 Å². The summed E-state index contributed by atoms with van der Waals surface area (Å²) in [5, 5.41) is 0. The molecule has 0 saturated carbocycles. The Kier molecular flexibility index (Phi) is 4.65. The van der Waals surface area contributed by atoms with Crippen LogP contribution in [-0.2, 0) is 18.3 Å². The molecule has 2 rings (SSSR count). The molecule has 0 unspecified atom stereocenters. The van der Waals surface area contributed by atoms with E-state index in [9.17, 15) is 0 Å². The first kappa shape index (κ1) is 14.8. The van der Waals surface area contributed by atoms with Gasteiger partial charge in [0.05, 0.1) is 0 Å². The van der Waals surface area contributed by atoms with Crippen molar-refractivity contribution in [3.63, 3.8) is 0 Å². The van der Waals surface area contributed by atoms with Gasteiger partial charge in [-0.05, 0) is 35.1 Å². The molecule has 0 aromatic heterocycles. The summed E-state index contributed by atoms with van der Waals surface area (Å²) in [6, 6.07) is 17.7. The first-order valence-electron chi connectivity index (χ1n) is 7.78. The molecule has 2 aromatic carbocycles. The fourth-order valence-corrected chi connectivity index (χ4v) is 3.11. The van der Waals surface area contributed by atoms with Crippen LogP contribution in [-0.4, -0.2) is 0 Å². The molecule has 0 nitrogen and oxygen atoms in total. The molecule has 0 atom stereocenters. The number of aryl methyl sites for hydroxylation is 1. The maximum absolute atomic E-state index is 2.34. The Bertz CT molecular complexity index is 550. The van der Waals surface area contributed by atoms with Crippen LogP contribution < -0.4 is 0 Å². The highest BCUT2D eigenvalue weighted by Crippen LogP contribution is 2.35. The van der Waals surface area contributed by atoms with Crippen LogP contribution in [0.1, 0.15) is 56.4 Å². The molecule has 0 aliphatic carbocycles. The van der Waals surface area contributed by atoms with Crippen molar-refractivity contribution in [2.45, 2.75) is 52.4 Å². The summed E-state index contributed by atoms with van der Waals surface area (Å²) in [4.78, 5) is 0. The van der Waals surface area contributed by atoms with Gasteiger partial charge in [0.2, 0.25) is 0 Å². The van der Waals surface area contributed by atoms with E-state index in [1.54, 1.807) is 5.56 Å².